The predicted octanol–water partition coefficient (Wildman–Crippen LogP) is 8.13. The van der Waals surface area contributed by atoms with Crippen molar-refractivity contribution in [2.24, 2.45) is 0 Å². The van der Waals surface area contributed by atoms with Crippen LogP contribution in [0.2, 0.25) is 0 Å². The molecule has 0 spiro atoms. The molecule has 0 aromatic heterocycles. The number of alkyl halides is 4. The van der Waals surface area contributed by atoms with Crippen LogP contribution in [0.1, 0.15) is 60.3 Å². The second-order valence-electron chi connectivity index (χ2n) is 9.93. The second-order valence-corrected chi connectivity index (χ2v) is 12.1. The van der Waals surface area contributed by atoms with Crippen LogP contribution in [0.25, 0.3) is 11.1 Å². The number of aliphatic carboxylic acids is 1. The SMILES string of the molecule is CC(I)CC(C(=O)O)c1cc(-c2ccc(C(F)(F)F)cc2)cc(C2CCCN(Cc3ccccc3)C2)c1. The van der Waals surface area contributed by atoms with E-state index >= 15 is 0 Å². The van der Waals surface area contributed by atoms with Gasteiger partial charge >= 0.3 is 12.1 Å². The number of nitrogens with zero attached hydrogens (tertiary/aromatic N) is 1. The molecule has 1 N–H and O–H groups in total. The van der Waals surface area contributed by atoms with Gasteiger partial charge in [-0.2, -0.15) is 13.2 Å². The Labute approximate surface area is 229 Å². The molecule has 3 unspecified atom stereocenters. The molecule has 1 fully saturated rings. The number of likely N-dealkylation sites (tertiary alicyclic amines) is 1. The Morgan fingerprint density at radius 1 is 1.05 bits per heavy atom. The van der Waals surface area contributed by atoms with Gasteiger partial charge < -0.3 is 5.11 Å². The van der Waals surface area contributed by atoms with Crippen molar-refractivity contribution < 1.29 is 23.1 Å². The molecule has 0 radical (unpaired) electrons. The third-order valence-electron chi connectivity index (χ3n) is 7.01. The topological polar surface area (TPSA) is 40.5 Å². The predicted molar refractivity (Wildman–Crippen MR) is 149 cm³/mol. The molecule has 3 aromatic carbocycles. The Hall–Kier alpha value is -2.39. The maximum Gasteiger partial charge on any atom is 0.416 e. The van der Waals surface area contributed by atoms with E-state index in [1.54, 1.807) is 0 Å². The number of hydrogen-bond donors (Lipinski definition) is 1. The quantitative estimate of drug-likeness (QED) is 0.204. The second kappa shape index (κ2) is 12.0. The van der Waals surface area contributed by atoms with Gasteiger partial charge in [0.25, 0.3) is 0 Å². The summed E-state index contributed by atoms with van der Waals surface area (Å²) in [4.78, 5) is 14.7. The molecule has 7 heteroatoms. The molecule has 0 amide bonds. The molecular formula is C30H31F3INO2. The molecule has 3 aromatic rings. The number of carbonyl (C=O) groups is 1. The Balaban J connectivity index is 1.69. The summed E-state index contributed by atoms with van der Waals surface area (Å²) in [5.41, 5.74) is 3.73. The maximum absolute atomic E-state index is 13.1. The lowest BCUT2D eigenvalue weighted by Crippen LogP contribution is -2.34. The first kappa shape index (κ1) is 27.6. The molecular weight excluding hydrogens is 590 g/mol. The van der Waals surface area contributed by atoms with Gasteiger partial charge in [0, 0.05) is 17.0 Å². The van der Waals surface area contributed by atoms with Gasteiger partial charge in [0.05, 0.1) is 11.5 Å². The van der Waals surface area contributed by atoms with Crippen LogP contribution in [-0.4, -0.2) is 33.0 Å². The van der Waals surface area contributed by atoms with Gasteiger partial charge in [-0.25, -0.2) is 0 Å². The van der Waals surface area contributed by atoms with Crippen molar-refractivity contribution in [1.29, 1.82) is 0 Å². The first-order valence-corrected chi connectivity index (χ1v) is 13.8. The van der Waals surface area contributed by atoms with Crippen LogP contribution in [0.15, 0.2) is 72.8 Å². The van der Waals surface area contributed by atoms with E-state index in [0.717, 1.165) is 55.7 Å². The number of carboxylic acids is 1. The van der Waals surface area contributed by atoms with Crippen molar-refractivity contribution in [1.82, 2.24) is 4.90 Å². The number of carboxylic acid groups (broad SMARTS) is 1. The first-order valence-electron chi connectivity index (χ1n) is 12.6. The van der Waals surface area contributed by atoms with Crippen LogP contribution in [0, 0.1) is 0 Å². The molecule has 1 saturated heterocycles. The van der Waals surface area contributed by atoms with Gasteiger partial charge in [-0.3, -0.25) is 9.69 Å². The summed E-state index contributed by atoms with van der Waals surface area (Å²) in [7, 11) is 0. The van der Waals surface area contributed by atoms with E-state index in [-0.39, 0.29) is 9.84 Å². The third kappa shape index (κ3) is 7.35. The minimum absolute atomic E-state index is 0.160. The smallest absolute Gasteiger partial charge is 0.416 e. The zero-order valence-corrected chi connectivity index (χ0v) is 22.9. The van der Waals surface area contributed by atoms with Gasteiger partial charge in [0.15, 0.2) is 0 Å². The van der Waals surface area contributed by atoms with E-state index in [0.29, 0.717) is 17.5 Å². The summed E-state index contributed by atoms with van der Waals surface area (Å²) in [5.74, 6) is -1.34. The molecule has 196 valence electrons. The van der Waals surface area contributed by atoms with Crippen molar-refractivity contribution in [3.05, 3.63) is 95.1 Å². The minimum Gasteiger partial charge on any atom is -0.481 e. The molecule has 0 saturated carbocycles. The van der Waals surface area contributed by atoms with Gasteiger partial charge in [0.2, 0.25) is 0 Å². The summed E-state index contributed by atoms with van der Waals surface area (Å²) in [5, 5.41) is 10.0. The van der Waals surface area contributed by atoms with Crippen molar-refractivity contribution in [3.63, 3.8) is 0 Å². The highest BCUT2D eigenvalue weighted by atomic mass is 127. The first-order chi connectivity index (χ1) is 17.6. The fraction of sp³-hybridized carbons (Fsp3) is 0.367. The van der Waals surface area contributed by atoms with E-state index in [1.165, 1.54) is 17.7 Å². The zero-order chi connectivity index (χ0) is 26.6. The van der Waals surface area contributed by atoms with Crippen LogP contribution < -0.4 is 0 Å². The van der Waals surface area contributed by atoms with Crippen LogP contribution >= 0.6 is 22.6 Å². The lowest BCUT2D eigenvalue weighted by atomic mass is 9.84. The van der Waals surface area contributed by atoms with E-state index < -0.39 is 23.6 Å². The number of hydrogen-bond acceptors (Lipinski definition) is 2. The lowest BCUT2D eigenvalue weighted by molar-refractivity contribution is -0.139. The largest absolute Gasteiger partial charge is 0.481 e. The van der Waals surface area contributed by atoms with Crippen molar-refractivity contribution in [2.75, 3.05) is 13.1 Å². The van der Waals surface area contributed by atoms with Crippen molar-refractivity contribution in [3.8, 4) is 11.1 Å². The van der Waals surface area contributed by atoms with Gasteiger partial charge in [-0.15, -0.1) is 0 Å². The van der Waals surface area contributed by atoms with Crippen LogP contribution in [0.4, 0.5) is 13.2 Å². The zero-order valence-electron chi connectivity index (χ0n) is 20.7. The molecule has 37 heavy (non-hydrogen) atoms. The maximum atomic E-state index is 13.1. The van der Waals surface area contributed by atoms with E-state index in [1.807, 2.05) is 43.3 Å². The average molecular weight is 621 g/mol. The number of rotatable bonds is 8. The summed E-state index contributed by atoms with van der Waals surface area (Å²) < 4.78 is 39.6. The molecule has 1 aliphatic rings. The van der Waals surface area contributed by atoms with Gasteiger partial charge in [-0.1, -0.05) is 90.2 Å². The van der Waals surface area contributed by atoms with Crippen molar-refractivity contribution >= 4 is 28.6 Å². The molecule has 0 aliphatic carbocycles. The Bertz CT molecular complexity index is 1200. The van der Waals surface area contributed by atoms with E-state index in [4.69, 9.17) is 0 Å². The lowest BCUT2D eigenvalue weighted by Gasteiger charge is -2.33. The van der Waals surface area contributed by atoms with Crippen LogP contribution in [-0.2, 0) is 17.5 Å². The van der Waals surface area contributed by atoms with Crippen molar-refractivity contribution in [2.45, 2.75) is 54.7 Å². The molecule has 3 atom stereocenters. The molecule has 0 bridgehead atoms. The minimum atomic E-state index is -4.40. The standard InChI is InChI=1S/C30H31F3INO2/c1-20(34)14-28(29(36)37)26-16-24(22-9-11-27(12-10-22)30(31,32)33)15-25(17-26)23-8-5-13-35(19-23)18-21-6-3-2-4-7-21/h2-4,6-7,9-12,15-17,20,23,28H,5,8,13-14,18-19H2,1H3,(H,36,37). The molecule has 4 rings (SSSR count). The monoisotopic (exact) mass is 621 g/mol. The highest BCUT2D eigenvalue weighted by Crippen LogP contribution is 2.37. The van der Waals surface area contributed by atoms with Gasteiger partial charge in [0.1, 0.15) is 0 Å². The number of halogens is 4. The summed E-state index contributed by atoms with van der Waals surface area (Å²) in [6.07, 6.45) is -1.90. The van der Waals surface area contributed by atoms with E-state index in [9.17, 15) is 23.1 Å². The number of piperidine rings is 1. The Kier molecular flexibility index (Phi) is 8.95. The van der Waals surface area contributed by atoms with E-state index in [2.05, 4.69) is 39.6 Å². The summed E-state index contributed by atoms with van der Waals surface area (Å²) in [6.45, 7) is 4.69. The average Bonchev–Trinajstić information content (AvgIpc) is 2.87. The van der Waals surface area contributed by atoms with Gasteiger partial charge in [-0.05, 0) is 71.7 Å². The molecule has 3 nitrogen and oxygen atoms in total. The number of benzene rings is 3. The molecule has 1 heterocycles. The fourth-order valence-corrected chi connectivity index (χ4v) is 5.66. The Morgan fingerprint density at radius 2 is 1.76 bits per heavy atom. The summed E-state index contributed by atoms with van der Waals surface area (Å²) in [6, 6.07) is 21.4. The normalized spacial score (nSPS) is 18.4. The van der Waals surface area contributed by atoms with Crippen LogP contribution in [0.3, 0.4) is 0 Å². The Morgan fingerprint density at radius 3 is 2.38 bits per heavy atom. The fourth-order valence-electron chi connectivity index (χ4n) is 5.15. The molecule has 1 aliphatic heterocycles. The summed E-state index contributed by atoms with van der Waals surface area (Å²) >= 11 is 2.24. The highest BCUT2D eigenvalue weighted by molar-refractivity contribution is 14.1. The highest BCUT2D eigenvalue weighted by Gasteiger charge is 2.30. The van der Waals surface area contributed by atoms with Crippen LogP contribution in [0.5, 0.6) is 0 Å². The third-order valence-corrected chi connectivity index (χ3v) is 7.52.